The molecule has 0 aromatic heterocycles. The lowest BCUT2D eigenvalue weighted by molar-refractivity contribution is -0.394. The number of hydrogen-bond donors (Lipinski definition) is 0. The zero-order valence-electron chi connectivity index (χ0n) is 16.3. The predicted molar refractivity (Wildman–Crippen MR) is 109 cm³/mol. The standard InChI is InChI=1S/C19H28N2O6S/c1-28-11-9-7-5-3-2-4-6-8-10-19(22)27-15-16-12-17(20(23)24)14-18(13-16)21(25)26/h12-14H,2-11,15H2,1H3. The number of carbonyl (C=O) groups excluding carboxylic acids is 1. The van der Waals surface area contributed by atoms with Crippen LogP contribution in [0.1, 0.15) is 63.4 Å². The van der Waals surface area contributed by atoms with Crippen LogP contribution in [-0.2, 0) is 16.1 Å². The molecule has 1 aromatic rings. The van der Waals surface area contributed by atoms with Gasteiger partial charge in [0.05, 0.1) is 15.9 Å². The van der Waals surface area contributed by atoms with Crippen LogP contribution in [0.5, 0.6) is 0 Å². The zero-order valence-corrected chi connectivity index (χ0v) is 17.1. The SMILES string of the molecule is CSCCCCCCCCCCC(=O)OCc1cc([N+](=O)[O-])cc([N+](=O)[O-])c1. The smallest absolute Gasteiger partial charge is 0.306 e. The van der Waals surface area contributed by atoms with Crippen molar-refractivity contribution >= 4 is 29.1 Å². The highest BCUT2D eigenvalue weighted by atomic mass is 32.2. The number of unbranched alkanes of at least 4 members (excludes halogenated alkanes) is 7. The maximum Gasteiger partial charge on any atom is 0.306 e. The van der Waals surface area contributed by atoms with E-state index in [-0.39, 0.29) is 18.6 Å². The quantitative estimate of drug-likeness (QED) is 0.163. The number of hydrogen-bond acceptors (Lipinski definition) is 7. The molecule has 0 unspecified atom stereocenters. The first kappa shape index (κ1) is 23.9. The van der Waals surface area contributed by atoms with Crippen LogP contribution in [0.2, 0.25) is 0 Å². The normalized spacial score (nSPS) is 10.6. The minimum Gasteiger partial charge on any atom is -0.461 e. The molecule has 0 aliphatic carbocycles. The van der Waals surface area contributed by atoms with Crippen LogP contribution >= 0.6 is 11.8 Å². The highest BCUT2D eigenvalue weighted by molar-refractivity contribution is 7.98. The third-order valence-electron chi connectivity index (χ3n) is 4.26. The third kappa shape index (κ3) is 10.2. The lowest BCUT2D eigenvalue weighted by Crippen LogP contribution is -2.05. The van der Waals surface area contributed by atoms with Crippen LogP contribution in [0.4, 0.5) is 11.4 Å². The van der Waals surface area contributed by atoms with Crippen molar-refractivity contribution in [3.8, 4) is 0 Å². The summed E-state index contributed by atoms with van der Waals surface area (Å²) in [4.78, 5) is 32.1. The molecule has 0 atom stereocenters. The summed E-state index contributed by atoms with van der Waals surface area (Å²) in [6.07, 6.45) is 11.4. The Morgan fingerprint density at radius 1 is 0.893 bits per heavy atom. The van der Waals surface area contributed by atoms with Gasteiger partial charge >= 0.3 is 5.97 Å². The van der Waals surface area contributed by atoms with Gasteiger partial charge < -0.3 is 4.74 Å². The van der Waals surface area contributed by atoms with Crippen LogP contribution in [0.3, 0.4) is 0 Å². The van der Waals surface area contributed by atoms with E-state index in [9.17, 15) is 25.0 Å². The summed E-state index contributed by atoms with van der Waals surface area (Å²) in [5.74, 6) is 0.831. The summed E-state index contributed by atoms with van der Waals surface area (Å²) >= 11 is 1.88. The van der Waals surface area contributed by atoms with E-state index in [1.807, 2.05) is 11.8 Å². The van der Waals surface area contributed by atoms with Crippen LogP contribution in [0.15, 0.2) is 18.2 Å². The van der Waals surface area contributed by atoms with E-state index >= 15 is 0 Å². The first-order valence-corrected chi connectivity index (χ1v) is 10.9. The number of nitro benzene ring substituents is 2. The van der Waals surface area contributed by atoms with Crippen molar-refractivity contribution in [2.75, 3.05) is 12.0 Å². The van der Waals surface area contributed by atoms with E-state index in [4.69, 9.17) is 4.74 Å². The minimum atomic E-state index is -0.707. The van der Waals surface area contributed by atoms with Crippen molar-refractivity contribution in [1.29, 1.82) is 0 Å². The highest BCUT2D eigenvalue weighted by Crippen LogP contribution is 2.23. The van der Waals surface area contributed by atoms with Crippen molar-refractivity contribution in [3.63, 3.8) is 0 Å². The maximum absolute atomic E-state index is 11.8. The summed E-state index contributed by atoms with van der Waals surface area (Å²) in [5.41, 5.74) is -0.557. The summed E-state index contributed by atoms with van der Waals surface area (Å²) in [6, 6.07) is 3.24. The number of nitro groups is 2. The molecule has 28 heavy (non-hydrogen) atoms. The largest absolute Gasteiger partial charge is 0.461 e. The zero-order chi connectivity index (χ0) is 20.8. The van der Waals surface area contributed by atoms with Crippen molar-refractivity contribution in [1.82, 2.24) is 0 Å². The predicted octanol–water partition coefficient (Wildman–Crippen LogP) is 5.42. The van der Waals surface area contributed by atoms with Gasteiger partial charge in [0, 0.05) is 24.1 Å². The Kier molecular flexibility index (Phi) is 11.9. The summed E-state index contributed by atoms with van der Waals surface area (Å²) in [5, 5.41) is 21.7. The molecule has 0 fully saturated rings. The number of nitrogens with zero attached hydrogens (tertiary/aromatic N) is 2. The van der Waals surface area contributed by atoms with Gasteiger partial charge in [-0.2, -0.15) is 11.8 Å². The molecule has 0 aliphatic heterocycles. The van der Waals surface area contributed by atoms with Gasteiger partial charge in [0.25, 0.3) is 11.4 Å². The van der Waals surface area contributed by atoms with Gasteiger partial charge in [0.15, 0.2) is 0 Å². The number of benzene rings is 1. The molecule has 0 N–H and O–H groups in total. The molecule has 156 valence electrons. The molecule has 1 aromatic carbocycles. The molecule has 9 heteroatoms. The lowest BCUT2D eigenvalue weighted by Gasteiger charge is -2.06. The molecule has 0 heterocycles. The van der Waals surface area contributed by atoms with E-state index in [1.165, 1.54) is 50.0 Å². The third-order valence-corrected chi connectivity index (χ3v) is 4.96. The van der Waals surface area contributed by atoms with Crippen molar-refractivity contribution < 1.29 is 19.4 Å². The minimum absolute atomic E-state index is 0.211. The second-order valence-electron chi connectivity index (χ2n) is 6.60. The van der Waals surface area contributed by atoms with Gasteiger partial charge in [-0.3, -0.25) is 25.0 Å². The fourth-order valence-electron chi connectivity index (χ4n) is 2.76. The number of carbonyl (C=O) groups is 1. The van der Waals surface area contributed by atoms with Crippen LogP contribution < -0.4 is 0 Å². The second-order valence-corrected chi connectivity index (χ2v) is 7.59. The Morgan fingerprint density at radius 3 is 1.89 bits per heavy atom. The van der Waals surface area contributed by atoms with E-state index in [2.05, 4.69) is 6.26 Å². The number of thioether (sulfide) groups is 1. The first-order chi connectivity index (χ1) is 13.4. The highest BCUT2D eigenvalue weighted by Gasteiger charge is 2.17. The Hall–Kier alpha value is -2.16. The van der Waals surface area contributed by atoms with Gasteiger partial charge in [-0.15, -0.1) is 0 Å². The van der Waals surface area contributed by atoms with Gasteiger partial charge in [-0.05, 0) is 24.9 Å². The van der Waals surface area contributed by atoms with E-state index in [1.54, 1.807) is 0 Å². The van der Waals surface area contributed by atoms with E-state index in [0.29, 0.717) is 0 Å². The Bertz CT molecular complexity index is 621. The van der Waals surface area contributed by atoms with Crippen molar-refractivity contribution in [3.05, 3.63) is 44.0 Å². The van der Waals surface area contributed by atoms with E-state index < -0.39 is 27.2 Å². The molecule has 0 bridgehead atoms. The Labute approximate surface area is 169 Å². The number of non-ortho nitro benzene ring substituents is 2. The first-order valence-electron chi connectivity index (χ1n) is 9.51. The Morgan fingerprint density at radius 2 is 1.39 bits per heavy atom. The molecule has 0 amide bonds. The second kappa shape index (κ2) is 13.9. The molecule has 0 saturated heterocycles. The molecule has 0 aliphatic rings. The van der Waals surface area contributed by atoms with Crippen molar-refractivity contribution in [2.45, 2.75) is 64.4 Å². The molecule has 0 saturated carbocycles. The summed E-state index contributed by atoms with van der Waals surface area (Å²) in [7, 11) is 0. The van der Waals surface area contributed by atoms with Gasteiger partial charge in [0.2, 0.25) is 0 Å². The fraction of sp³-hybridized carbons (Fsp3) is 0.632. The molecular formula is C19H28N2O6S. The van der Waals surface area contributed by atoms with Crippen LogP contribution in [-0.4, -0.2) is 27.8 Å². The van der Waals surface area contributed by atoms with Gasteiger partial charge in [-0.25, -0.2) is 0 Å². The summed E-state index contributed by atoms with van der Waals surface area (Å²) < 4.78 is 5.09. The molecule has 8 nitrogen and oxygen atoms in total. The number of esters is 1. The molecule has 0 radical (unpaired) electrons. The van der Waals surface area contributed by atoms with Gasteiger partial charge in [-0.1, -0.05) is 38.5 Å². The number of ether oxygens (including phenoxy) is 1. The van der Waals surface area contributed by atoms with E-state index in [0.717, 1.165) is 25.3 Å². The summed E-state index contributed by atoms with van der Waals surface area (Å²) in [6.45, 7) is -0.211. The molecule has 0 spiro atoms. The fourth-order valence-corrected chi connectivity index (χ4v) is 3.26. The van der Waals surface area contributed by atoms with Gasteiger partial charge in [0.1, 0.15) is 6.61 Å². The topological polar surface area (TPSA) is 113 Å². The average Bonchev–Trinajstić information content (AvgIpc) is 2.67. The van der Waals surface area contributed by atoms with Crippen LogP contribution in [0.25, 0.3) is 0 Å². The average molecular weight is 413 g/mol. The monoisotopic (exact) mass is 412 g/mol. The van der Waals surface area contributed by atoms with Crippen LogP contribution in [0, 0.1) is 20.2 Å². The number of rotatable bonds is 15. The lowest BCUT2D eigenvalue weighted by atomic mass is 10.1. The van der Waals surface area contributed by atoms with Crippen molar-refractivity contribution in [2.24, 2.45) is 0 Å². The molecule has 1 rings (SSSR count). The maximum atomic E-state index is 11.8. The molecular weight excluding hydrogens is 384 g/mol. The Balaban J connectivity index is 2.23.